The van der Waals surface area contributed by atoms with Crippen molar-refractivity contribution in [3.05, 3.63) is 0 Å². The molecule has 1 N–H and O–H groups in total. The highest BCUT2D eigenvalue weighted by Gasteiger charge is 2.32. The van der Waals surface area contributed by atoms with E-state index in [9.17, 15) is 5.11 Å². The summed E-state index contributed by atoms with van der Waals surface area (Å²) >= 11 is 0. The molecule has 0 radical (unpaired) electrons. The summed E-state index contributed by atoms with van der Waals surface area (Å²) in [5, 5.41) is 10.2. The van der Waals surface area contributed by atoms with Crippen molar-refractivity contribution in [3.63, 3.8) is 0 Å². The van der Waals surface area contributed by atoms with Crippen LogP contribution in [0.25, 0.3) is 0 Å². The van der Waals surface area contributed by atoms with Crippen molar-refractivity contribution in [1.29, 1.82) is 0 Å². The van der Waals surface area contributed by atoms with E-state index in [-0.39, 0.29) is 18.5 Å². The first-order valence-electron chi connectivity index (χ1n) is 8.47. The fourth-order valence-electron chi connectivity index (χ4n) is 4.13. The summed E-state index contributed by atoms with van der Waals surface area (Å²) in [6, 6.07) is 0. The lowest BCUT2D eigenvalue weighted by Gasteiger charge is -2.39. The van der Waals surface area contributed by atoms with Crippen molar-refractivity contribution in [2.45, 2.75) is 71.5 Å². The molecule has 2 fully saturated rings. The summed E-state index contributed by atoms with van der Waals surface area (Å²) in [6.45, 7) is 10.6. The molecule has 0 aromatic carbocycles. The van der Waals surface area contributed by atoms with E-state index in [0.717, 1.165) is 38.4 Å². The molecule has 3 unspecified atom stereocenters. The van der Waals surface area contributed by atoms with Crippen molar-refractivity contribution in [1.82, 2.24) is 4.90 Å². The predicted molar refractivity (Wildman–Crippen MR) is 90.1 cm³/mol. The second kappa shape index (κ2) is 8.71. The maximum absolute atomic E-state index is 10.2. The lowest BCUT2D eigenvalue weighted by Crippen LogP contribution is -2.40. The van der Waals surface area contributed by atoms with E-state index in [4.69, 9.17) is 4.74 Å². The largest absolute Gasteiger partial charge is 0.389 e. The maximum atomic E-state index is 10.2. The minimum Gasteiger partial charge on any atom is -0.389 e. The number of ether oxygens (including phenoxy) is 1. The van der Waals surface area contributed by atoms with Crippen LogP contribution in [0.4, 0.5) is 0 Å². The Morgan fingerprint density at radius 3 is 2.48 bits per heavy atom. The van der Waals surface area contributed by atoms with Gasteiger partial charge in [0, 0.05) is 6.54 Å². The van der Waals surface area contributed by atoms with Gasteiger partial charge in [0.2, 0.25) is 0 Å². The summed E-state index contributed by atoms with van der Waals surface area (Å²) < 4.78 is 6.02. The molecule has 3 atom stereocenters. The molecule has 3 nitrogen and oxygen atoms in total. The Morgan fingerprint density at radius 2 is 1.86 bits per heavy atom. The van der Waals surface area contributed by atoms with Crippen LogP contribution in [0.3, 0.4) is 0 Å². The number of hydrogen-bond donors (Lipinski definition) is 1. The molecule has 1 heterocycles. The Labute approximate surface area is 136 Å². The number of nitrogens with zero attached hydrogens (tertiary/aromatic N) is 1. The first kappa shape index (κ1) is 19.2. The maximum Gasteiger partial charge on any atom is 0.0900 e. The minimum atomic E-state index is -0.326. The van der Waals surface area contributed by atoms with Crippen LogP contribution in [0.1, 0.15) is 59.3 Å². The van der Waals surface area contributed by atoms with E-state index in [2.05, 4.69) is 25.7 Å². The minimum absolute atomic E-state index is 0. The molecule has 2 aliphatic rings. The van der Waals surface area contributed by atoms with Gasteiger partial charge in [-0.2, -0.15) is 0 Å². The molecule has 1 aliphatic carbocycles. The summed E-state index contributed by atoms with van der Waals surface area (Å²) in [5.41, 5.74) is 0.389. The summed E-state index contributed by atoms with van der Waals surface area (Å²) in [6.07, 6.45) is 7.50. The van der Waals surface area contributed by atoms with Crippen LogP contribution in [-0.2, 0) is 4.74 Å². The number of piperidine rings is 1. The number of aliphatic hydroxyl groups excluding tert-OH is 1. The summed E-state index contributed by atoms with van der Waals surface area (Å²) in [7, 11) is 0. The van der Waals surface area contributed by atoms with Gasteiger partial charge in [-0.25, -0.2) is 0 Å². The van der Waals surface area contributed by atoms with Gasteiger partial charge in [0.05, 0.1) is 18.8 Å². The number of rotatable bonds is 5. The third-order valence-electron chi connectivity index (χ3n) is 4.79. The van der Waals surface area contributed by atoms with E-state index in [1.165, 1.54) is 25.7 Å². The Morgan fingerprint density at radius 1 is 1.19 bits per heavy atom. The normalized spacial score (nSPS) is 31.4. The smallest absolute Gasteiger partial charge is 0.0900 e. The van der Waals surface area contributed by atoms with Crippen LogP contribution >= 0.6 is 12.4 Å². The van der Waals surface area contributed by atoms with Crippen LogP contribution in [0, 0.1) is 11.3 Å². The SMILES string of the molecule is CC1CC(OCC(O)CN2CCCCC2)CC(C)(C)C1.Cl. The first-order chi connectivity index (χ1) is 9.44. The van der Waals surface area contributed by atoms with E-state index in [0.29, 0.717) is 18.1 Å². The molecule has 1 saturated carbocycles. The zero-order chi connectivity index (χ0) is 14.6. The summed E-state index contributed by atoms with van der Waals surface area (Å²) in [5.74, 6) is 0.739. The van der Waals surface area contributed by atoms with Crippen molar-refractivity contribution in [3.8, 4) is 0 Å². The Bertz CT molecular complexity index is 293. The van der Waals surface area contributed by atoms with Gasteiger partial charge in [-0.3, -0.25) is 0 Å². The van der Waals surface area contributed by atoms with Crippen molar-refractivity contribution in [2.75, 3.05) is 26.2 Å². The topological polar surface area (TPSA) is 32.7 Å². The van der Waals surface area contributed by atoms with Crippen LogP contribution in [0.2, 0.25) is 0 Å². The molecular formula is C17H34ClNO2. The zero-order valence-electron chi connectivity index (χ0n) is 14.0. The van der Waals surface area contributed by atoms with Crippen LogP contribution in [-0.4, -0.2) is 48.5 Å². The van der Waals surface area contributed by atoms with Crippen molar-refractivity contribution >= 4 is 12.4 Å². The quantitative estimate of drug-likeness (QED) is 0.842. The number of likely N-dealkylation sites (tertiary alicyclic amines) is 1. The third kappa shape index (κ3) is 6.85. The number of halogens is 1. The second-order valence-corrected chi connectivity index (χ2v) is 7.88. The van der Waals surface area contributed by atoms with E-state index in [1.54, 1.807) is 0 Å². The molecule has 1 aliphatic heterocycles. The molecular weight excluding hydrogens is 286 g/mol. The Balaban J connectivity index is 0.00000220. The van der Waals surface area contributed by atoms with Gasteiger partial charge in [0.25, 0.3) is 0 Å². The third-order valence-corrected chi connectivity index (χ3v) is 4.79. The molecule has 0 aromatic rings. The highest BCUT2D eigenvalue weighted by molar-refractivity contribution is 5.85. The fourth-order valence-corrected chi connectivity index (χ4v) is 4.13. The van der Waals surface area contributed by atoms with E-state index < -0.39 is 0 Å². The lowest BCUT2D eigenvalue weighted by molar-refractivity contribution is -0.0621. The van der Waals surface area contributed by atoms with Crippen LogP contribution in [0.15, 0.2) is 0 Å². The standard InChI is InChI=1S/C17H33NO2.ClH/c1-14-9-16(11-17(2,3)10-14)20-13-15(19)12-18-7-5-4-6-8-18;/h14-16,19H,4-13H2,1-3H3;1H. The Kier molecular flexibility index (Phi) is 7.97. The van der Waals surface area contributed by atoms with Gasteiger partial charge < -0.3 is 14.7 Å². The second-order valence-electron chi connectivity index (χ2n) is 7.88. The lowest BCUT2D eigenvalue weighted by atomic mass is 9.71. The molecule has 4 heteroatoms. The van der Waals surface area contributed by atoms with E-state index >= 15 is 0 Å². The Hall–Kier alpha value is 0.170. The van der Waals surface area contributed by atoms with Crippen LogP contribution < -0.4 is 0 Å². The highest BCUT2D eigenvalue weighted by atomic mass is 35.5. The predicted octanol–water partition coefficient (Wildman–Crippen LogP) is 3.49. The van der Waals surface area contributed by atoms with Crippen molar-refractivity contribution in [2.24, 2.45) is 11.3 Å². The molecule has 1 saturated heterocycles. The fraction of sp³-hybridized carbons (Fsp3) is 1.00. The molecule has 0 spiro atoms. The molecule has 2 rings (SSSR count). The molecule has 126 valence electrons. The number of aliphatic hydroxyl groups is 1. The van der Waals surface area contributed by atoms with Gasteiger partial charge in [-0.05, 0) is 56.5 Å². The van der Waals surface area contributed by atoms with E-state index in [1.807, 2.05) is 0 Å². The van der Waals surface area contributed by atoms with Gasteiger partial charge in [-0.1, -0.05) is 27.2 Å². The number of hydrogen-bond acceptors (Lipinski definition) is 3. The first-order valence-corrected chi connectivity index (χ1v) is 8.47. The van der Waals surface area contributed by atoms with Gasteiger partial charge in [0.1, 0.15) is 0 Å². The van der Waals surface area contributed by atoms with Gasteiger partial charge in [-0.15, -0.1) is 12.4 Å². The number of β-amino-alcohol motifs (C(OH)–C–C–N with tert-alkyl or cyclic N) is 1. The molecule has 0 aromatic heterocycles. The summed E-state index contributed by atoms with van der Waals surface area (Å²) in [4.78, 5) is 2.38. The van der Waals surface area contributed by atoms with Crippen molar-refractivity contribution < 1.29 is 9.84 Å². The monoisotopic (exact) mass is 319 g/mol. The zero-order valence-corrected chi connectivity index (χ0v) is 14.8. The molecule has 21 heavy (non-hydrogen) atoms. The highest BCUT2D eigenvalue weighted by Crippen LogP contribution is 2.39. The molecule has 0 amide bonds. The van der Waals surface area contributed by atoms with Gasteiger partial charge >= 0.3 is 0 Å². The molecule has 0 bridgehead atoms. The average Bonchev–Trinajstić information content (AvgIpc) is 2.35. The van der Waals surface area contributed by atoms with Crippen LogP contribution in [0.5, 0.6) is 0 Å². The van der Waals surface area contributed by atoms with Gasteiger partial charge in [0.15, 0.2) is 0 Å². The average molecular weight is 320 g/mol.